The maximum Gasteiger partial charge on any atom is 0.269 e. The highest BCUT2D eigenvalue weighted by Crippen LogP contribution is 2.24. The highest BCUT2D eigenvalue weighted by molar-refractivity contribution is 7.89. The molecule has 0 bridgehead atoms. The second-order valence-electron chi connectivity index (χ2n) is 6.02. The lowest BCUT2D eigenvalue weighted by atomic mass is 10.1. The third-order valence-electron chi connectivity index (χ3n) is 3.83. The van der Waals surface area contributed by atoms with Crippen molar-refractivity contribution in [2.45, 2.75) is 11.4 Å². The average Bonchev–Trinajstić information content (AvgIpc) is 2.61. The van der Waals surface area contributed by atoms with Crippen molar-refractivity contribution in [3.63, 3.8) is 0 Å². The van der Waals surface area contributed by atoms with Gasteiger partial charge in [0.25, 0.3) is 11.6 Å². The molecule has 0 N–H and O–H groups in total. The summed E-state index contributed by atoms with van der Waals surface area (Å²) < 4.78 is 25.6. The van der Waals surface area contributed by atoms with Crippen molar-refractivity contribution in [3.8, 4) is 0 Å². The van der Waals surface area contributed by atoms with Crippen LogP contribution in [0.2, 0.25) is 5.02 Å². The molecule has 2 rings (SSSR count). The first-order valence-electron chi connectivity index (χ1n) is 7.75. The molecule has 27 heavy (non-hydrogen) atoms. The minimum absolute atomic E-state index is 0.0347. The molecule has 0 aliphatic rings. The highest BCUT2D eigenvalue weighted by Gasteiger charge is 2.22. The van der Waals surface area contributed by atoms with E-state index in [0.717, 1.165) is 4.31 Å². The molecule has 0 saturated heterocycles. The van der Waals surface area contributed by atoms with E-state index in [1.165, 1.54) is 62.4 Å². The summed E-state index contributed by atoms with van der Waals surface area (Å²) in [6.45, 7) is 0.0987. The van der Waals surface area contributed by atoms with Gasteiger partial charge in [-0.2, -0.15) is 0 Å². The number of amides is 1. The molecule has 8 nitrogen and oxygen atoms in total. The minimum atomic E-state index is -3.72. The van der Waals surface area contributed by atoms with Gasteiger partial charge in [-0.1, -0.05) is 23.7 Å². The van der Waals surface area contributed by atoms with E-state index < -0.39 is 20.9 Å². The Balaban J connectivity index is 2.31. The van der Waals surface area contributed by atoms with Gasteiger partial charge in [0.2, 0.25) is 10.0 Å². The van der Waals surface area contributed by atoms with Gasteiger partial charge in [0.15, 0.2) is 0 Å². The maximum atomic E-state index is 12.7. The number of halogens is 1. The molecular formula is C17H18ClN3O5S. The lowest BCUT2D eigenvalue weighted by Crippen LogP contribution is -2.27. The van der Waals surface area contributed by atoms with Crippen molar-refractivity contribution in [3.05, 3.63) is 68.7 Å². The lowest BCUT2D eigenvalue weighted by Gasteiger charge is -2.19. The van der Waals surface area contributed by atoms with Gasteiger partial charge in [-0.05, 0) is 23.8 Å². The van der Waals surface area contributed by atoms with Crippen LogP contribution in [-0.4, -0.2) is 49.6 Å². The minimum Gasteiger partial charge on any atom is -0.337 e. The highest BCUT2D eigenvalue weighted by atomic mass is 35.5. The quantitative estimate of drug-likeness (QED) is 0.537. The molecule has 0 aliphatic heterocycles. The number of sulfonamides is 1. The third-order valence-corrected chi connectivity index (χ3v) is 5.98. The summed E-state index contributed by atoms with van der Waals surface area (Å²) in [5.74, 6) is -0.498. The van der Waals surface area contributed by atoms with Gasteiger partial charge >= 0.3 is 0 Å². The number of hydrogen-bond acceptors (Lipinski definition) is 5. The van der Waals surface area contributed by atoms with Gasteiger partial charge in [0.05, 0.1) is 20.4 Å². The number of nitrogens with zero attached hydrogens (tertiary/aromatic N) is 3. The van der Waals surface area contributed by atoms with Crippen LogP contribution in [0.4, 0.5) is 5.69 Å². The van der Waals surface area contributed by atoms with Crippen LogP contribution in [0.1, 0.15) is 15.9 Å². The predicted molar refractivity (Wildman–Crippen MR) is 101 cm³/mol. The fourth-order valence-electron chi connectivity index (χ4n) is 2.36. The summed E-state index contributed by atoms with van der Waals surface area (Å²) in [6, 6.07) is 9.83. The number of hydrogen-bond donors (Lipinski definition) is 0. The number of nitro benzene ring substituents is 1. The van der Waals surface area contributed by atoms with Crippen LogP contribution in [0.3, 0.4) is 0 Å². The van der Waals surface area contributed by atoms with Crippen LogP contribution >= 0.6 is 11.6 Å². The Morgan fingerprint density at radius 3 is 2.41 bits per heavy atom. The molecule has 0 unspecified atom stereocenters. The van der Waals surface area contributed by atoms with Crippen LogP contribution < -0.4 is 0 Å². The number of rotatable bonds is 6. The normalized spacial score (nSPS) is 11.4. The average molecular weight is 412 g/mol. The van der Waals surface area contributed by atoms with Crippen molar-refractivity contribution in [1.29, 1.82) is 0 Å². The molecule has 0 radical (unpaired) electrons. The van der Waals surface area contributed by atoms with Crippen LogP contribution in [0, 0.1) is 10.1 Å². The summed E-state index contributed by atoms with van der Waals surface area (Å²) in [4.78, 5) is 24.4. The molecule has 0 aliphatic carbocycles. The molecule has 0 aromatic heterocycles. The van der Waals surface area contributed by atoms with E-state index in [9.17, 15) is 23.3 Å². The lowest BCUT2D eigenvalue weighted by molar-refractivity contribution is -0.384. The van der Waals surface area contributed by atoms with Gasteiger partial charge < -0.3 is 4.90 Å². The zero-order chi connectivity index (χ0) is 20.4. The monoisotopic (exact) mass is 411 g/mol. The summed E-state index contributed by atoms with van der Waals surface area (Å²) in [6.07, 6.45) is 0. The second kappa shape index (κ2) is 8.03. The fraction of sp³-hybridized carbons (Fsp3) is 0.235. The first-order chi connectivity index (χ1) is 12.5. The van der Waals surface area contributed by atoms with Gasteiger partial charge in [0, 0.05) is 39.8 Å². The number of carbonyl (C=O) groups is 1. The van der Waals surface area contributed by atoms with Gasteiger partial charge in [-0.25, -0.2) is 12.7 Å². The Morgan fingerprint density at radius 2 is 1.81 bits per heavy atom. The standard InChI is InChI=1S/C17H18ClN3O5S/c1-19(2)27(25,26)14-7-8-16(18)15(10-14)17(22)20(3)11-12-5-4-6-13(9-12)21(23)24/h4-10H,11H2,1-3H3. The summed E-state index contributed by atoms with van der Waals surface area (Å²) in [5.41, 5.74) is 0.520. The molecular weight excluding hydrogens is 394 g/mol. The summed E-state index contributed by atoms with van der Waals surface area (Å²) in [7, 11) is 0.562. The Kier molecular flexibility index (Phi) is 6.19. The van der Waals surface area contributed by atoms with Crippen molar-refractivity contribution in [2.75, 3.05) is 21.1 Å². The first-order valence-corrected chi connectivity index (χ1v) is 9.56. The van der Waals surface area contributed by atoms with Crippen LogP contribution in [0.5, 0.6) is 0 Å². The summed E-state index contributed by atoms with van der Waals surface area (Å²) in [5, 5.41) is 11.0. The third kappa shape index (κ3) is 4.62. The van der Waals surface area contributed by atoms with Gasteiger partial charge in [-0.15, -0.1) is 0 Å². The van der Waals surface area contributed by atoms with E-state index in [-0.39, 0.29) is 27.7 Å². The number of non-ortho nitro benzene ring substituents is 1. The van der Waals surface area contributed by atoms with Gasteiger partial charge in [0.1, 0.15) is 0 Å². The van der Waals surface area contributed by atoms with E-state index in [0.29, 0.717) is 5.56 Å². The second-order valence-corrected chi connectivity index (χ2v) is 8.58. The van der Waals surface area contributed by atoms with Crippen molar-refractivity contribution in [2.24, 2.45) is 0 Å². The van der Waals surface area contributed by atoms with Crippen molar-refractivity contribution >= 4 is 33.2 Å². The first kappa shape index (κ1) is 20.8. The SMILES string of the molecule is CN(Cc1cccc([N+](=O)[O-])c1)C(=O)c1cc(S(=O)(=O)N(C)C)ccc1Cl. The van der Waals surface area contributed by atoms with E-state index >= 15 is 0 Å². The Hall–Kier alpha value is -2.49. The zero-order valence-corrected chi connectivity index (χ0v) is 16.5. The molecule has 0 spiro atoms. The van der Waals surface area contributed by atoms with Crippen molar-refractivity contribution in [1.82, 2.24) is 9.21 Å². The largest absolute Gasteiger partial charge is 0.337 e. The molecule has 2 aromatic rings. The molecule has 0 heterocycles. The zero-order valence-electron chi connectivity index (χ0n) is 14.9. The Bertz CT molecular complexity index is 992. The summed E-state index contributed by atoms with van der Waals surface area (Å²) >= 11 is 6.09. The van der Waals surface area contributed by atoms with Crippen LogP contribution in [0.25, 0.3) is 0 Å². The number of nitro groups is 1. The van der Waals surface area contributed by atoms with E-state index in [2.05, 4.69) is 0 Å². The van der Waals surface area contributed by atoms with E-state index in [1.54, 1.807) is 6.07 Å². The van der Waals surface area contributed by atoms with E-state index in [4.69, 9.17) is 11.6 Å². The molecule has 1 amide bonds. The maximum absolute atomic E-state index is 12.7. The van der Waals surface area contributed by atoms with Crippen molar-refractivity contribution < 1.29 is 18.1 Å². The Labute approximate surface area is 162 Å². The molecule has 10 heteroatoms. The molecule has 144 valence electrons. The van der Waals surface area contributed by atoms with Gasteiger partial charge in [-0.3, -0.25) is 14.9 Å². The predicted octanol–water partition coefficient (Wildman–Crippen LogP) is 2.77. The fourth-order valence-corrected chi connectivity index (χ4v) is 3.49. The molecule has 2 aromatic carbocycles. The molecule has 0 atom stereocenters. The molecule has 0 saturated carbocycles. The topological polar surface area (TPSA) is 101 Å². The van der Waals surface area contributed by atoms with Crippen LogP contribution in [-0.2, 0) is 16.6 Å². The smallest absolute Gasteiger partial charge is 0.269 e. The van der Waals surface area contributed by atoms with E-state index in [1.807, 2.05) is 0 Å². The Morgan fingerprint density at radius 1 is 1.15 bits per heavy atom. The molecule has 0 fully saturated rings. The van der Waals surface area contributed by atoms with Crippen LogP contribution in [0.15, 0.2) is 47.4 Å². The number of benzene rings is 2. The number of carbonyl (C=O) groups excluding carboxylic acids is 1.